The lowest BCUT2D eigenvalue weighted by Crippen LogP contribution is -2.65. The maximum atomic E-state index is 2.85. The number of rotatable bonds is 0. The molecule has 5 aliphatic rings. The van der Waals surface area contributed by atoms with Gasteiger partial charge in [-0.1, -0.05) is 101 Å². The average Bonchev–Trinajstić information content (AvgIpc) is 3.16. The summed E-state index contributed by atoms with van der Waals surface area (Å²) in [7, 11) is 0. The molecule has 4 aromatic carbocycles. The van der Waals surface area contributed by atoms with Crippen LogP contribution in [0.15, 0.2) is 82.6 Å². The fourth-order valence-electron chi connectivity index (χ4n) is 8.90. The molecule has 9 rings (SSSR count). The molecule has 4 aliphatic heterocycles. The van der Waals surface area contributed by atoms with Crippen molar-refractivity contribution in [1.82, 2.24) is 0 Å². The second-order valence-electron chi connectivity index (χ2n) is 14.1. The lowest BCUT2D eigenvalue weighted by Gasteiger charge is -2.53. The molecule has 2 atom stereocenters. The molecule has 0 bridgehead atoms. The van der Waals surface area contributed by atoms with Gasteiger partial charge in [0.2, 0.25) is 0 Å². The topological polar surface area (TPSA) is 6.48 Å². The fraction of sp³-hybridized carbons (Fsp3) is 0.333. The third-order valence-corrected chi connectivity index (χ3v) is 12.2. The van der Waals surface area contributed by atoms with E-state index in [9.17, 15) is 0 Å². The second kappa shape index (κ2) is 7.39. The fourth-order valence-corrected chi connectivity index (χ4v) is 10.0. The van der Waals surface area contributed by atoms with Crippen LogP contribution in [0, 0.1) is 0 Å². The molecule has 40 heavy (non-hydrogen) atoms. The predicted octanol–water partition coefficient (Wildman–Crippen LogP) is 8.43. The number of fused-ring (bicyclic) bond motifs is 9. The molecule has 2 unspecified atom stereocenters. The molecule has 1 aliphatic carbocycles. The van der Waals surface area contributed by atoms with Crippen LogP contribution in [0.4, 0.5) is 22.7 Å². The molecule has 4 heterocycles. The van der Waals surface area contributed by atoms with Crippen LogP contribution in [-0.4, -0.2) is 12.4 Å². The first-order valence-electron chi connectivity index (χ1n) is 15.0. The van der Waals surface area contributed by atoms with Crippen molar-refractivity contribution in [3.8, 4) is 11.1 Å². The van der Waals surface area contributed by atoms with Gasteiger partial charge in [0.15, 0.2) is 0 Å². The smallest absolute Gasteiger partial charge is 0.333 e. The molecule has 0 aromatic heterocycles. The van der Waals surface area contributed by atoms with Gasteiger partial charge in [0.05, 0.1) is 11.2 Å². The Hall–Kier alpha value is -3.11. The first kappa shape index (κ1) is 23.6. The standard InChI is InChI=1S/C36H35BN2S/c1-34(2,3)22-20-24-23-12-10-17-30-32(23)39(27-15-6-7-16-29(27)40-30)37-26-14-11-13-25-33(26)38(28(21-22)31(24)37)36(5)19-9-8-18-35(25,36)4/h6-7,10-17,20-21H,8-9,18-19H2,1-5H3. The molecule has 0 amide bonds. The number of benzene rings is 4. The van der Waals surface area contributed by atoms with Crippen LogP contribution in [0.1, 0.15) is 71.4 Å². The molecule has 0 N–H and O–H groups in total. The normalized spacial score (nSPS) is 24.7. The van der Waals surface area contributed by atoms with E-state index in [4.69, 9.17) is 0 Å². The van der Waals surface area contributed by atoms with Gasteiger partial charge in [-0.05, 0) is 77.1 Å². The summed E-state index contributed by atoms with van der Waals surface area (Å²) in [5.41, 5.74) is 14.7. The minimum Gasteiger partial charge on any atom is -0.374 e. The number of nitrogens with zero attached hydrogens (tertiary/aromatic N) is 2. The summed E-state index contributed by atoms with van der Waals surface area (Å²) in [5, 5.41) is 0. The molecule has 4 heteroatoms. The Morgan fingerprint density at radius 2 is 1.55 bits per heavy atom. The number of anilines is 4. The highest BCUT2D eigenvalue weighted by Gasteiger charge is 2.62. The van der Waals surface area contributed by atoms with E-state index in [0.29, 0.717) is 0 Å². The van der Waals surface area contributed by atoms with Gasteiger partial charge < -0.3 is 9.71 Å². The van der Waals surface area contributed by atoms with Crippen molar-refractivity contribution in [1.29, 1.82) is 0 Å². The summed E-state index contributed by atoms with van der Waals surface area (Å²) in [5.74, 6) is 0. The molecule has 2 nitrogen and oxygen atoms in total. The van der Waals surface area contributed by atoms with Crippen molar-refractivity contribution in [2.24, 2.45) is 0 Å². The van der Waals surface area contributed by atoms with Crippen LogP contribution in [-0.2, 0) is 10.8 Å². The van der Waals surface area contributed by atoms with Crippen LogP contribution in [0.5, 0.6) is 0 Å². The van der Waals surface area contributed by atoms with E-state index in [1.165, 1.54) is 85.8 Å². The van der Waals surface area contributed by atoms with E-state index in [0.717, 1.165) is 0 Å². The Morgan fingerprint density at radius 3 is 2.40 bits per heavy atom. The van der Waals surface area contributed by atoms with Gasteiger partial charge in [0, 0.05) is 37.8 Å². The van der Waals surface area contributed by atoms with Crippen LogP contribution in [0.25, 0.3) is 11.1 Å². The van der Waals surface area contributed by atoms with E-state index in [2.05, 4.69) is 117 Å². The van der Waals surface area contributed by atoms with Gasteiger partial charge in [-0.25, -0.2) is 0 Å². The summed E-state index contributed by atoms with van der Waals surface area (Å²) in [6.07, 6.45) is 5.12. The Labute approximate surface area is 242 Å². The minimum absolute atomic E-state index is 0.0602. The molecule has 0 spiro atoms. The highest BCUT2D eigenvalue weighted by Crippen LogP contribution is 2.63. The Kier molecular flexibility index (Phi) is 4.36. The first-order valence-corrected chi connectivity index (χ1v) is 15.9. The lowest BCUT2D eigenvalue weighted by molar-refractivity contribution is 0.195. The average molecular weight is 539 g/mol. The van der Waals surface area contributed by atoms with Crippen molar-refractivity contribution in [2.45, 2.75) is 86.5 Å². The van der Waals surface area contributed by atoms with Gasteiger partial charge >= 0.3 is 6.85 Å². The first-order chi connectivity index (χ1) is 19.2. The molecule has 1 fully saturated rings. The zero-order valence-corrected chi connectivity index (χ0v) is 25.0. The van der Waals surface area contributed by atoms with Crippen molar-refractivity contribution < 1.29 is 0 Å². The van der Waals surface area contributed by atoms with Gasteiger partial charge in [-0.2, -0.15) is 0 Å². The van der Waals surface area contributed by atoms with E-state index in [-0.39, 0.29) is 23.2 Å². The van der Waals surface area contributed by atoms with Crippen LogP contribution >= 0.6 is 11.8 Å². The summed E-state index contributed by atoms with van der Waals surface area (Å²) in [4.78, 5) is 8.28. The Bertz CT molecular complexity index is 1790. The van der Waals surface area contributed by atoms with Crippen molar-refractivity contribution in [3.05, 3.63) is 83.9 Å². The molecular formula is C36H35BN2S. The molecular weight excluding hydrogens is 503 g/mol. The van der Waals surface area contributed by atoms with E-state index < -0.39 is 0 Å². The molecule has 1 saturated carbocycles. The highest BCUT2D eigenvalue weighted by molar-refractivity contribution is 7.99. The highest BCUT2D eigenvalue weighted by atomic mass is 32.2. The summed E-state index contributed by atoms with van der Waals surface area (Å²) in [6, 6.07) is 28.4. The van der Waals surface area contributed by atoms with E-state index in [1.54, 1.807) is 5.56 Å². The Balaban J connectivity index is 1.46. The molecule has 0 saturated heterocycles. The van der Waals surface area contributed by atoms with Crippen LogP contribution in [0.3, 0.4) is 0 Å². The number of hydrogen-bond donors (Lipinski definition) is 0. The van der Waals surface area contributed by atoms with Gasteiger partial charge in [-0.3, -0.25) is 0 Å². The maximum absolute atomic E-state index is 2.85. The molecule has 198 valence electrons. The quantitative estimate of drug-likeness (QED) is 0.208. The minimum atomic E-state index is 0.0602. The Morgan fingerprint density at radius 1 is 0.775 bits per heavy atom. The SMILES string of the molecule is CC(C)(C)c1cc2c3c(c1)N1c4c(cccc4C4(C)CCCCC14C)B3N1c3ccccc3Sc3cccc-2c31. The molecule has 4 aromatic rings. The zero-order valence-electron chi connectivity index (χ0n) is 24.1. The van der Waals surface area contributed by atoms with E-state index in [1.807, 2.05) is 11.8 Å². The summed E-state index contributed by atoms with van der Waals surface area (Å²) in [6.45, 7) is 12.4. The van der Waals surface area contributed by atoms with Gasteiger partial charge in [0.25, 0.3) is 0 Å². The molecule has 0 radical (unpaired) electrons. The van der Waals surface area contributed by atoms with E-state index >= 15 is 0 Å². The van der Waals surface area contributed by atoms with Gasteiger partial charge in [0.1, 0.15) is 0 Å². The zero-order chi connectivity index (χ0) is 27.2. The third kappa shape index (κ3) is 2.61. The van der Waals surface area contributed by atoms with Crippen molar-refractivity contribution >= 4 is 52.3 Å². The third-order valence-electron chi connectivity index (χ3n) is 11.1. The largest absolute Gasteiger partial charge is 0.374 e. The van der Waals surface area contributed by atoms with Crippen LogP contribution in [0.2, 0.25) is 0 Å². The van der Waals surface area contributed by atoms with Crippen LogP contribution < -0.4 is 20.6 Å². The van der Waals surface area contributed by atoms with Crippen molar-refractivity contribution in [3.63, 3.8) is 0 Å². The summed E-state index contributed by atoms with van der Waals surface area (Å²) < 4.78 is 0. The summed E-state index contributed by atoms with van der Waals surface area (Å²) >= 11 is 1.93. The van der Waals surface area contributed by atoms with Gasteiger partial charge in [-0.15, -0.1) is 0 Å². The number of para-hydroxylation sites is 3. The second-order valence-corrected chi connectivity index (χ2v) is 15.2. The maximum Gasteiger partial charge on any atom is 0.333 e. The monoisotopic (exact) mass is 538 g/mol. The lowest BCUT2D eigenvalue weighted by atomic mass is 9.43. The van der Waals surface area contributed by atoms with Crippen molar-refractivity contribution in [2.75, 3.05) is 9.71 Å². The number of hydrogen-bond acceptors (Lipinski definition) is 3. The predicted molar refractivity (Wildman–Crippen MR) is 171 cm³/mol.